The van der Waals surface area contributed by atoms with Gasteiger partial charge in [0, 0.05) is 35.1 Å². The summed E-state index contributed by atoms with van der Waals surface area (Å²) < 4.78 is 0. The van der Waals surface area contributed by atoms with E-state index in [-0.39, 0.29) is 11.9 Å². The molecule has 128 valence electrons. The molecule has 0 aliphatic carbocycles. The van der Waals surface area contributed by atoms with E-state index in [1.54, 1.807) is 12.1 Å². The first-order valence-electron chi connectivity index (χ1n) is 8.02. The van der Waals surface area contributed by atoms with Gasteiger partial charge in [-0.05, 0) is 37.6 Å². The Morgan fingerprint density at radius 3 is 2.96 bits per heavy atom. The van der Waals surface area contributed by atoms with Crippen molar-refractivity contribution in [2.24, 2.45) is 0 Å². The van der Waals surface area contributed by atoms with Gasteiger partial charge in [-0.2, -0.15) is 0 Å². The minimum atomic E-state index is -0.00173. The minimum Gasteiger partial charge on any atom is -0.333 e. The second-order valence-corrected chi connectivity index (χ2v) is 7.51. The molecule has 1 fully saturated rings. The predicted octanol–water partition coefficient (Wildman–Crippen LogP) is 4.33. The average Bonchev–Trinajstić information content (AvgIpc) is 3.23. The van der Waals surface area contributed by atoms with Gasteiger partial charge in [-0.3, -0.25) is 4.79 Å². The molecule has 0 saturated carbocycles. The number of carbonyl (C=O) groups excluding carboxylic acids is 1. The molecule has 1 aromatic heterocycles. The number of benzene rings is 1. The smallest absolute Gasteiger partial charge is 0.273 e. The van der Waals surface area contributed by atoms with E-state index in [1.807, 2.05) is 16.3 Å². The normalized spacial score (nSPS) is 17.2. The Morgan fingerprint density at radius 1 is 1.46 bits per heavy atom. The number of hydrogen-bond acceptors (Lipinski definition) is 4. The van der Waals surface area contributed by atoms with Crippen molar-refractivity contribution in [1.29, 1.82) is 0 Å². The van der Waals surface area contributed by atoms with Crippen molar-refractivity contribution in [2.45, 2.75) is 25.8 Å². The van der Waals surface area contributed by atoms with Gasteiger partial charge in [0.15, 0.2) is 0 Å². The van der Waals surface area contributed by atoms with Crippen LogP contribution in [0.3, 0.4) is 0 Å². The number of rotatable bonds is 5. The summed E-state index contributed by atoms with van der Waals surface area (Å²) in [6.07, 6.45) is 1.92. The van der Waals surface area contributed by atoms with Crippen LogP contribution in [0.2, 0.25) is 10.0 Å². The van der Waals surface area contributed by atoms with Crippen molar-refractivity contribution in [1.82, 2.24) is 15.2 Å². The van der Waals surface area contributed by atoms with Crippen LogP contribution in [0.5, 0.6) is 0 Å². The summed E-state index contributed by atoms with van der Waals surface area (Å²) in [5, 5.41) is 7.00. The van der Waals surface area contributed by atoms with Crippen molar-refractivity contribution >= 4 is 40.4 Å². The number of hydrogen-bond donors (Lipinski definition) is 1. The Bertz CT molecular complexity index is 728. The molecule has 1 N–H and O–H groups in total. The molecule has 24 heavy (non-hydrogen) atoms. The number of aromatic nitrogens is 1. The van der Waals surface area contributed by atoms with Gasteiger partial charge in [-0.15, -0.1) is 11.3 Å². The van der Waals surface area contributed by atoms with E-state index in [9.17, 15) is 4.79 Å². The Morgan fingerprint density at radius 2 is 2.29 bits per heavy atom. The number of carbonyl (C=O) groups is 1. The summed E-state index contributed by atoms with van der Waals surface area (Å²) in [7, 11) is 0. The fourth-order valence-electron chi connectivity index (χ4n) is 2.90. The third-order valence-corrected chi connectivity index (χ3v) is 5.51. The summed E-state index contributed by atoms with van der Waals surface area (Å²) in [4.78, 5) is 19.4. The first kappa shape index (κ1) is 17.7. The molecule has 1 amide bonds. The highest BCUT2D eigenvalue weighted by Gasteiger charge is 2.28. The number of halogens is 2. The maximum absolute atomic E-state index is 12.9. The van der Waals surface area contributed by atoms with Crippen LogP contribution in [0.15, 0.2) is 23.6 Å². The molecule has 1 aromatic carbocycles. The monoisotopic (exact) mass is 383 g/mol. The highest BCUT2D eigenvalue weighted by molar-refractivity contribution is 7.13. The van der Waals surface area contributed by atoms with Gasteiger partial charge < -0.3 is 10.2 Å². The molecule has 2 aromatic rings. The third kappa shape index (κ3) is 3.75. The standard InChI is InChI=1S/C17H19Cl2N3OS/c1-2-7-22(12-5-6-20-9-12)17(23)15-10-24-16(21-15)13-4-3-11(18)8-14(13)19/h3-4,8,10,12,20H,2,5-7,9H2,1H3. The molecule has 0 spiro atoms. The van der Waals surface area contributed by atoms with E-state index in [4.69, 9.17) is 23.2 Å². The van der Waals surface area contributed by atoms with Gasteiger partial charge in [0.25, 0.3) is 5.91 Å². The zero-order valence-electron chi connectivity index (χ0n) is 13.4. The molecule has 1 unspecified atom stereocenters. The summed E-state index contributed by atoms with van der Waals surface area (Å²) in [5.74, 6) is -0.00173. The molecule has 1 atom stereocenters. The Balaban J connectivity index is 1.84. The lowest BCUT2D eigenvalue weighted by molar-refractivity contribution is 0.0687. The quantitative estimate of drug-likeness (QED) is 0.835. The summed E-state index contributed by atoms with van der Waals surface area (Å²) in [5.41, 5.74) is 1.29. The maximum Gasteiger partial charge on any atom is 0.273 e. The Labute approximate surface area is 155 Å². The first-order chi connectivity index (χ1) is 11.6. The lowest BCUT2D eigenvalue weighted by Gasteiger charge is -2.27. The number of amides is 1. The number of nitrogens with zero attached hydrogens (tertiary/aromatic N) is 2. The highest BCUT2D eigenvalue weighted by atomic mass is 35.5. The zero-order chi connectivity index (χ0) is 17.1. The van der Waals surface area contributed by atoms with Crippen molar-refractivity contribution in [3.05, 3.63) is 39.3 Å². The van der Waals surface area contributed by atoms with Crippen molar-refractivity contribution < 1.29 is 4.79 Å². The van der Waals surface area contributed by atoms with Crippen LogP contribution < -0.4 is 5.32 Å². The second kappa shape index (κ2) is 7.83. The van der Waals surface area contributed by atoms with Crippen molar-refractivity contribution in [3.63, 3.8) is 0 Å². The van der Waals surface area contributed by atoms with Crippen LogP contribution >= 0.6 is 34.5 Å². The van der Waals surface area contributed by atoms with Crippen LogP contribution in [-0.4, -0.2) is 41.5 Å². The first-order valence-corrected chi connectivity index (χ1v) is 9.66. The van der Waals surface area contributed by atoms with Gasteiger partial charge in [0.2, 0.25) is 0 Å². The van der Waals surface area contributed by atoms with E-state index < -0.39 is 0 Å². The fourth-order valence-corrected chi connectivity index (χ4v) is 4.29. The molecular weight excluding hydrogens is 365 g/mol. The van der Waals surface area contributed by atoms with Gasteiger partial charge in [0.05, 0.1) is 5.02 Å². The lowest BCUT2D eigenvalue weighted by atomic mass is 10.2. The highest BCUT2D eigenvalue weighted by Crippen LogP contribution is 2.32. The number of thiazole rings is 1. The SMILES string of the molecule is CCCN(C(=O)c1csc(-c2ccc(Cl)cc2Cl)n1)C1CCNC1. The van der Waals surface area contributed by atoms with Gasteiger partial charge in [-0.25, -0.2) is 4.98 Å². The van der Waals surface area contributed by atoms with Gasteiger partial charge in [-0.1, -0.05) is 30.1 Å². The van der Waals surface area contributed by atoms with E-state index in [2.05, 4.69) is 17.2 Å². The Hall–Kier alpha value is -1.14. The van der Waals surface area contributed by atoms with Gasteiger partial charge in [0.1, 0.15) is 10.7 Å². The van der Waals surface area contributed by atoms with Crippen LogP contribution in [0.4, 0.5) is 0 Å². The summed E-state index contributed by atoms with van der Waals surface area (Å²) in [6.45, 7) is 4.65. The molecule has 1 saturated heterocycles. The van der Waals surface area contributed by atoms with Crippen molar-refractivity contribution in [2.75, 3.05) is 19.6 Å². The minimum absolute atomic E-state index is 0.00173. The molecule has 7 heteroatoms. The van der Waals surface area contributed by atoms with Gasteiger partial charge >= 0.3 is 0 Å². The molecule has 3 rings (SSSR count). The van der Waals surface area contributed by atoms with Crippen LogP contribution in [0.25, 0.3) is 10.6 Å². The lowest BCUT2D eigenvalue weighted by Crippen LogP contribution is -2.42. The summed E-state index contributed by atoms with van der Waals surface area (Å²) >= 11 is 13.6. The van der Waals surface area contributed by atoms with Crippen LogP contribution in [0, 0.1) is 0 Å². The third-order valence-electron chi connectivity index (χ3n) is 4.09. The molecule has 1 aliphatic rings. The van der Waals surface area contributed by atoms with E-state index in [0.717, 1.165) is 43.0 Å². The van der Waals surface area contributed by atoms with Crippen LogP contribution in [-0.2, 0) is 0 Å². The molecule has 2 heterocycles. The molecule has 0 radical (unpaired) electrons. The second-order valence-electron chi connectivity index (χ2n) is 5.81. The topological polar surface area (TPSA) is 45.2 Å². The summed E-state index contributed by atoms with van der Waals surface area (Å²) in [6, 6.07) is 5.55. The van der Waals surface area contributed by atoms with E-state index in [1.165, 1.54) is 11.3 Å². The molecule has 4 nitrogen and oxygen atoms in total. The Kier molecular flexibility index (Phi) is 5.76. The van der Waals surface area contributed by atoms with E-state index in [0.29, 0.717) is 15.7 Å². The zero-order valence-corrected chi connectivity index (χ0v) is 15.7. The molecular formula is C17H19Cl2N3OS. The predicted molar refractivity (Wildman–Crippen MR) is 100 cm³/mol. The number of nitrogens with one attached hydrogen (secondary N) is 1. The fraction of sp³-hybridized carbons (Fsp3) is 0.412. The molecule has 1 aliphatic heterocycles. The maximum atomic E-state index is 12.9. The molecule has 0 bridgehead atoms. The van der Waals surface area contributed by atoms with Crippen LogP contribution in [0.1, 0.15) is 30.3 Å². The van der Waals surface area contributed by atoms with E-state index >= 15 is 0 Å². The average molecular weight is 384 g/mol. The largest absolute Gasteiger partial charge is 0.333 e. The van der Waals surface area contributed by atoms with Crippen molar-refractivity contribution in [3.8, 4) is 10.6 Å².